The van der Waals surface area contributed by atoms with Crippen LogP contribution in [0.25, 0.3) is 0 Å². The smallest absolute Gasteiger partial charge is 0.217 e. The molecule has 2 N–H and O–H groups in total. The summed E-state index contributed by atoms with van der Waals surface area (Å²) in [6.07, 6.45) is 10.5. The Balaban J connectivity index is 1.41. The number of piperidine rings is 2. The van der Waals surface area contributed by atoms with E-state index in [0.29, 0.717) is 17.8 Å². The number of nitrogens with zero attached hydrogens (tertiary/aromatic N) is 2. The van der Waals surface area contributed by atoms with Crippen LogP contribution in [0.3, 0.4) is 0 Å². The molecule has 0 aromatic heterocycles. The first-order chi connectivity index (χ1) is 16.0. The summed E-state index contributed by atoms with van der Waals surface area (Å²) in [7, 11) is 0. The van der Waals surface area contributed by atoms with Gasteiger partial charge in [-0.25, -0.2) is 0 Å². The number of aromatic hydroxyl groups is 1. The van der Waals surface area contributed by atoms with E-state index in [0.717, 1.165) is 57.8 Å². The number of hydrogen-bond acceptors (Lipinski definition) is 5. The van der Waals surface area contributed by atoms with Gasteiger partial charge >= 0.3 is 0 Å². The molecule has 5 atom stereocenters. The number of phenolic OH excluding ortho intramolecular Hbond substituents is 1. The highest BCUT2D eigenvalue weighted by Gasteiger charge is 2.74. The fraction of sp³-hybridized carbons (Fsp3) is 0.741. The average Bonchev–Trinajstić information content (AvgIpc) is 3.55. The third-order valence-electron chi connectivity index (χ3n) is 10.0. The van der Waals surface area contributed by atoms with Crippen molar-refractivity contribution >= 4 is 5.91 Å². The SMILES string of the molecule is CC(=O)N[C@@]12CC[C@@H](N3CCCCC3)[C@@H]3Oc4c(O)ccc5c4[C@@]31CCN(CC1CC1)[C@@H]2C5. The van der Waals surface area contributed by atoms with Gasteiger partial charge in [-0.2, -0.15) is 0 Å². The van der Waals surface area contributed by atoms with Gasteiger partial charge in [-0.1, -0.05) is 12.5 Å². The Kier molecular flexibility index (Phi) is 4.43. The fourth-order valence-electron chi connectivity index (χ4n) is 8.69. The molecule has 1 spiro atoms. The molecule has 0 unspecified atom stereocenters. The number of ether oxygens (including phenoxy) is 1. The third-order valence-corrected chi connectivity index (χ3v) is 10.0. The summed E-state index contributed by atoms with van der Waals surface area (Å²) in [6, 6.07) is 4.62. The van der Waals surface area contributed by atoms with Gasteiger partial charge in [0.05, 0.1) is 11.0 Å². The summed E-state index contributed by atoms with van der Waals surface area (Å²) in [4.78, 5) is 18.2. The van der Waals surface area contributed by atoms with Crippen molar-refractivity contribution in [3.05, 3.63) is 23.3 Å². The van der Waals surface area contributed by atoms with E-state index in [4.69, 9.17) is 4.74 Å². The van der Waals surface area contributed by atoms with Gasteiger partial charge in [0.1, 0.15) is 6.10 Å². The summed E-state index contributed by atoms with van der Waals surface area (Å²) in [6.45, 7) is 6.18. The van der Waals surface area contributed by atoms with Crippen LogP contribution in [0.4, 0.5) is 0 Å². The lowest BCUT2D eigenvalue weighted by molar-refractivity contribution is -0.141. The van der Waals surface area contributed by atoms with Crippen LogP contribution in [0.5, 0.6) is 11.5 Å². The minimum atomic E-state index is -0.324. The van der Waals surface area contributed by atoms with Gasteiger partial charge in [0.25, 0.3) is 0 Å². The number of benzene rings is 1. The number of phenols is 1. The highest BCUT2D eigenvalue weighted by Crippen LogP contribution is 2.66. The molecule has 3 aliphatic carbocycles. The third kappa shape index (κ3) is 2.71. The summed E-state index contributed by atoms with van der Waals surface area (Å²) < 4.78 is 6.85. The molecule has 178 valence electrons. The highest BCUT2D eigenvalue weighted by molar-refractivity contribution is 5.76. The molecule has 7 rings (SSSR count). The van der Waals surface area contributed by atoms with Gasteiger partial charge in [0.15, 0.2) is 11.5 Å². The molecule has 2 bridgehead atoms. The van der Waals surface area contributed by atoms with Crippen molar-refractivity contribution in [2.45, 2.75) is 93.9 Å². The monoisotopic (exact) mass is 451 g/mol. The van der Waals surface area contributed by atoms with Crippen molar-refractivity contribution in [2.75, 3.05) is 26.2 Å². The van der Waals surface area contributed by atoms with E-state index < -0.39 is 0 Å². The Morgan fingerprint density at radius 1 is 1.15 bits per heavy atom. The molecule has 0 radical (unpaired) electrons. The topological polar surface area (TPSA) is 65.0 Å². The first-order valence-electron chi connectivity index (χ1n) is 13.3. The van der Waals surface area contributed by atoms with Gasteiger partial charge < -0.3 is 15.2 Å². The number of rotatable bonds is 4. The Labute approximate surface area is 196 Å². The van der Waals surface area contributed by atoms with E-state index in [1.54, 1.807) is 6.92 Å². The molecule has 3 heterocycles. The van der Waals surface area contributed by atoms with Crippen LogP contribution in [-0.4, -0.2) is 70.7 Å². The van der Waals surface area contributed by atoms with Crippen LogP contribution in [-0.2, 0) is 16.6 Å². The van der Waals surface area contributed by atoms with Crippen molar-refractivity contribution in [3.8, 4) is 11.5 Å². The van der Waals surface area contributed by atoms with Crippen LogP contribution >= 0.6 is 0 Å². The Hall–Kier alpha value is -1.79. The maximum atomic E-state index is 12.8. The van der Waals surface area contributed by atoms with Crippen LogP contribution in [0, 0.1) is 5.92 Å². The standard InChI is InChI=1S/C27H37N3O3/c1-17(31)28-27-10-9-20(29-12-3-2-4-13-29)25-26(27)11-14-30(16-18-5-6-18)22(27)15-19-7-8-21(32)24(33-25)23(19)26/h7-8,18,20,22,25,32H,2-6,9-16H2,1H3,(H,28,31)/t20-,22-,25+,26+,27-/m1/s1. The van der Waals surface area contributed by atoms with E-state index in [1.165, 1.54) is 43.2 Å². The van der Waals surface area contributed by atoms with E-state index in [1.807, 2.05) is 6.07 Å². The molecule has 6 aliphatic rings. The van der Waals surface area contributed by atoms with Crippen molar-refractivity contribution in [1.29, 1.82) is 0 Å². The average molecular weight is 452 g/mol. The second kappa shape index (κ2) is 7.11. The zero-order valence-electron chi connectivity index (χ0n) is 19.8. The van der Waals surface area contributed by atoms with Gasteiger partial charge in [-0.3, -0.25) is 14.6 Å². The van der Waals surface area contributed by atoms with Crippen LogP contribution in [0.1, 0.15) is 69.4 Å². The summed E-state index contributed by atoms with van der Waals surface area (Å²) >= 11 is 0. The lowest BCUT2D eigenvalue weighted by Gasteiger charge is -2.67. The molecule has 2 saturated heterocycles. The summed E-state index contributed by atoms with van der Waals surface area (Å²) in [5.41, 5.74) is 1.97. The molecule has 1 amide bonds. The van der Waals surface area contributed by atoms with Crippen LogP contribution in [0.15, 0.2) is 12.1 Å². The normalized spacial score (nSPS) is 39.6. The number of carbonyl (C=O) groups excluding carboxylic acids is 1. The maximum Gasteiger partial charge on any atom is 0.217 e. The number of likely N-dealkylation sites (tertiary alicyclic amines) is 2. The van der Waals surface area contributed by atoms with E-state index in [9.17, 15) is 9.90 Å². The number of nitrogens with one attached hydrogen (secondary N) is 1. The summed E-state index contributed by atoms with van der Waals surface area (Å²) in [5.74, 6) is 1.88. The molecule has 1 aromatic rings. The first-order valence-corrected chi connectivity index (χ1v) is 13.3. The molecule has 2 saturated carbocycles. The predicted molar refractivity (Wildman–Crippen MR) is 126 cm³/mol. The predicted octanol–water partition coefficient (Wildman–Crippen LogP) is 2.95. The Morgan fingerprint density at radius 3 is 2.73 bits per heavy atom. The molecule has 4 fully saturated rings. The van der Waals surface area contributed by atoms with Gasteiger partial charge in [0.2, 0.25) is 5.91 Å². The Bertz CT molecular complexity index is 987. The lowest BCUT2D eigenvalue weighted by atomic mass is 9.46. The van der Waals surface area contributed by atoms with Gasteiger partial charge in [0, 0.05) is 31.1 Å². The Morgan fingerprint density at radius 2 is 1.97 bits per heavy atom. The van der Waals surface area contributed by atoms with Crippen LogP contribution < -0.4 is 10.1 Å². The van der Waals surface area contributed by atoms with E-state index in [2.05, 4.69) is 21.2 Å². The lowest BCUT2D eigenvalue weighted by Crippen LogP contribution is -2.83. The summed E-state index contributed by atoms with van der Waals surface area (Å²) in [5, 5.41) is 14.5. The second-order valence-corrected chi connectivity index (χ2v) is 11.7. The van der Waals surface area contributed by atoms with Gasteiger partial charge in [-0.05, 0) is 88.5 Å². The zero-order valence-corrected chi connectivity index (χ0v) is 19.8. The molecule has 6 nitrogen and oxygen atoms in total. The second-order valence-electron chi connectivity index (χ2n) is 11.7. The molecule has 1 aromatic carbocycles. The minimum absolute atomic E-state index is 0.0101. The minimum Gasteiger partial charge on any atom is -0.504 e. The van der Waals surface area contributed by atoms with Gasteiger partial charge in [-0.15, -0.1) is 0 Å². The highest BCUT2D eigenvalue weighted by atomic mass is 16.5. The first kappa shape index (κ1) is 20.6. The molecule has 6 heteroatoms. The van der Waals surface area contributed by atoms with E-state index >= 15 is 0 Å². The van der Waals surface area contributed by atoms with Crippen LogP contribution in [0.2, 0.25) is 0 Å². The molecular formula is C27H37N3O3. The van der Waals surface area contributed by atoms with Crippen molar-refractivity contribution in [1.82, 2.24) is 15.1 Å². The van der Waals surface area contributed by atoms with Crippen molar-refractivity contribution in [2.24, 2.45) is 5.92 Å². The molecule has 33 heavy (non-hydrogen) atoms. The van der Waals surface area contributed by atoms with E-state index in [-0.39, 0.29) is 28.7 Å². The molecular weight excluding hydrogens is 414 g/mol. The van der Waals surface area contributed by atoms with Crippen molar-refractivity contribution < 1.29 is 14.6 Å². The maximum absolute atomic E-state index is 12.8. The van der Waals surface area contributed by atoms with Crippen molar-refractivity contribution in [3.63, 3.8) is 0 Å². The number of carbonyl (C=O) groups is 1. The zero-order chi connectivity index (χ0) is 22.4. The largest absolute Gasteiger partial charge is 0.504 e. The quantitative estimate of drug-likeness (QED) is 0.737. The number of hydrogen-bond donors (Lipinski definition) is 2. The number of amides is 1. The molecule has 3 aliphatic heterocycles. The fourth-order valence-corrected chi connectivity index (χ4v) is 8.69.